The molecule has 0 aliphatic rings. The van der Waals surface area contributed by atoms with E-state index in [9.17, 15) is 18.3 Å². The van der Waals surface area contributed by atoms with Crippen molar-refractivity contribution in [3.63, 3.8) is 0 Å². The van der Waals surface area contributed by atoms with Crippen molar-refractivity contribution in [1.29, 1.82) is 5.26 Å². The predicted octanol–water partition coefficient (Wildman–Crippen LogP) is 4.46. The number of pyridine rings is 1. The average Bonchev–Trinajstić information content (AvgIpc) is 2.73. The van der Waals surface area contributed by atoms with Crippen LogP contribution in [-0.2, 0) is 6.18 Å². The van der Waals surface area contributed by atoms with Gasteiger partial charge in [-0.3, -0.25) is 0 Å². The first-order valence-corrected chi connectivity index (χ1v) is 8.47. The second kappa shape index (κ2) is 8.31. The van der Waals surface area contributed by atoms with Crippen LogP contribution in [0.3, 0.4) is 0 Å². The van der Waals surface area contributed by atoms with E-state index < -0.39 is 24.5 Å². The number of benzene rings is 2. The molecule has 2 N–H and O–H groups in total. The second-order valence-electron chi connectivity index (χ2n) is 6.09. The number of ether oxygens (including phenoxy) is 1. The Morgan fingerprint density at radius 2 is 1.79 bits per heavy atom. The Balaban J connectivity index is 1.82. The molecule has 3 aromatic rings. The molecule has 0 bridgehead atoms. The highest BCUT2D eigenvalue weighted by atomic mass is 19.4. The Morgan fingerprint density at radius 3 is 2.41 bits per heavy atom. The molecule has 3 rings (SSSR count). The van der Waals surface area contributed by atoms with Crippen molar-refractivity contribution in [2.45, 2.75) is 12.3 Å². The summed E-state index contributed by atoms with van der Waals surface area (Å²) in [6.45, 7) is -0.447. The van der Waals surface area contributed by atoms with Crippen molar-refractivity contribution in [3.05, 3.63) is 77.5 Å². The van der Waals surface area contributed by atoms with Gasteiger partial charge in [0.05, 0.1) is 29.1 Å². The lowest BCUT2D eigenvalue weighted by Crippen LogP contribution is -2.05. The molecule has 5 nitrogen and oxygen atoms in total. The summed E-state index contributed by atoms with van der Waals surface area (Å²) < 4.78 is 43.9. The van der Waals surface area contributed by atoms with Crippen LogP contribution in [0, 0.1) is 11.3 Å². The summed E-state index contributed by atoms with van der Waals surface area (Å²) in [6, 6.07) is 16.0. The highest BCUT2D eigenvalue weighted by molar-refractivity contribution is 5.60. The van der Waals surface area contributed by atoms with E-state index in [2.05, 4.69) is 4.98 Å². The van der Waals surface area contributed by atoms with Crippen molar-refractivity contribution in [1.82, 2.24) is 4.98 Å². The van der Waals surface area contributed by atoms with Crippen molar-refractivity contribution < 1.29 is 28.1 Å². The van der Waals surface area contributed by atoms with E-state index in [1.807, 2.05) is 0 Å². The monoisotopic (exact) mass is 400 g/mol. The zero-order valence-corrected chi connectivity index (χ0v) is 14.9. The molecule has 0 aliphatic heterocycles. The number of aromatic nitrogens is 1. The van der Waals surface area contributed by atoms with Crippen LogP contribution in [0.25, 0.3) is 11.3 Å². The van der Waals surface area contributed by atoms with E-state index in [-0.39, 0.29) is 11.3 Å². The number of rotatable bonds is 5. The lowest BCUT2D eigenvalue weighted by atomic mass is 10.1. The van der Waals surface area contributed by atoms with Gasteiger partial charge in [-0.25, -0.2) is 4.98 Å². The minimum Gasteiger partial charge on any atom is -0.456 e. The molecule has 1 atom stereocenters. The molecule has 0 spiro atoms. The van der Waals surface area contributed by atoms with Crippen LogP contribution < -0.4 is 4.74 Å². The van der Waals surface area contributed by atoms with Crippen LogP contribution in [0.4, 0.5) is 13.2 Å². The molecule has 0 radical (unpaired) electrons. The van der Waals surface area contributed by atoms with Crippen molar-refractivity contribution in [3.8, 4) is 28.8 Å². The fourth-order valence-electron chi connectivity index (χ4n) is 2.59. The van der Waals surface area contributed by atoms with Gasteiger partial charge in [-0.15, -0.1) is 0 Å². The van der Waals surface area contributed by atoms with E-state index in [0.29, 0.717) is 22.7 Å². The largest absolute Gasteiger partial charge is 0.456 e. The summed E-state index contributed by atoms with van der Waals surface area (Å²) in [6.07, 6.45) is -5.63. The molecule has 0 aliphatic carbocycles. The maximum absolute atomic E-state index is 12.8. The van der Waals surface area contributed by atoms with Gasteiger partial charge in [-0.2, -0.15) is 18.4 Å². The summed E-state index contributed by atoms with van der Waals surface area (Å²) in [5.74, 6) is 0.344. The van der Waals surface area contributed by atoms with Gasteiger partial charge in [0.2, 0.25) is 0 Å². The summed E-state index contributed by atoms with van der Waals surface area (Å²) in [5.41, 5.74) is 0.448. The van der Waals surface area contributed by atoms with Crippen molar-refractivity contribution in [2.75, 3.05) is 6.61 Å². The normalized spacial score (nSPS) is 12.3. The first-order chi connectivity index (χ1) is 13.8. The van der Waals surface area contributed by atoms with Gasteiger partial charge >= 0.3 is 6.18 Å². The second-order valence-corrected chi connectivity index (χ2v) is 6.09. The Kier molecular flexibility index (Phi) is 5.82. The zero-order valence-electron chi connectivity index (χ0n) is 14.9. The molecule has 8 heteroatoms. The van der Waals surface area contributed by atoms with Crippen LogP contribution >= 0.6 is 0 Å². The maximum atomic E-state index is 12.8. The van der Waals surface area contributed by atoms with Crippen LogP contribution in [0.5, 0.6) is 11.5 Å². The summed E-state index contributed by atoms with van der Waals surface area (Å²) >= 11 is 0. The molecule has 0 amide bonds. The third-order valence-corrected chi connectivity index (χ3v) is 4.09. The molecule has 148 valence electrons. The summed E-state index contributed by atoms with van der Waals surface area (Å²) in [7, 11) is 0. The Morgan fingerprint density at radius 1 is 1.07 bits per heavy atom. The number of aliphatic hydroxyl groups excluding tert-OH is 2. The minimum atomic E-state index is -4.54. The number of hydrogen-bond acceptors (Lipinski definition) is 5. The Bertz CT molecular complexity index is 1040. The molecule has 29 heavy (non-hydrogen) atoms. The average molecular weight is 400 g/mol. The predicted molar refractivity (Wildman–Crippen MR) is 98.0 cm³/mol. The molecule has 1 aromatic heterocycles. The van der Waals surface area contributed by atoms with Crippen LogP contribution in [0.1, 0.15) is 22.9 Å². The lowest BCUT2D eigenvalue weighted by Gasteiger charge is -2.12. The number of nitriles is 1. The van der Waals surface area contributed by atoms with E-state index in [0.717, 1.165) is 18.2 Å². The van der Waals surface area contributed by atoms with Gasteiger partial charge in [0.1, 0.15) is 23.7 Å². The van der Waals surface area contributed by atoms with E-state index in [1.165, 1.54) is 0 Å². The first-order valence-electron chi connectivity index (χ1n) is 8.47. The van der Waals surface area contributed by atoms with Crippen molar-refractivity contribution >= 4 is 0 Å². The summed E-state index contributed by atoms with van der Waals surface area (Å²) in [5, 5.41) is 27.9. The lowest BCUT2D eigenvalue weighted by molar-refractivity contribution is -0.137. The van der Waals surface area contributed by atoms with Gasteiger partial charge in [0.15, 0.2) is 0 Å². The molecular weight excluding hydrogens is 385 g/mol. The Labute approximate surface area is 164 Å². The first kappa shape index (κ1) is 20.3. The number of hydrogen-bond donors (Lipinski definition) is 2. The smallest absolute Gasteiger partial charge is 0.416 e. The SMILES string of the molecule is N#Cc1cc(C(F)(F)F)ccc1Oc1ccc(-c2cccc(C(O)CO)n2)cc1. The maximum Gasteiger partial charge on any atom is 0.416 e. The van der Waals surface area contributed by atoms with Crippen LogP contribution in [0.15, 0.2) is 60.7 Å². The highest BCUT2D eigenvalue weighted by Gasteiger charge is 2.31. The third kappa shape index (κ3) is 4.71. The molecule has 0 fully saturated rings. The number of halogens is 3. The quantitative estimate of drug-likeness (QED) is 0.661. The van der Waals surface area contributed by atoms with E-state index in [4.69, 9.17) is 15.1 Å². The summed E-state index contributed by atoms with van der Waals surface area (Å²) in [4.78, 5) is 4.29. The topological polar surface area (TPSA) is 86.4 Å². The van der Waals surface area contributed by atoms with Gasteiger partial charge < -0.3 is 14.9 Å². The molecule has 2 aromatic carbocycles. The molecule has 0 saturated heterocycles. The highest BCUT2D eigenvalue weighted by Crippen LogP contribution is 2.34. The number of alkyl halides is 3. The minimum absolute atomic E-state index is 0.0134. The Hall–Kier alpha value is -3.41. The molecule has 1 heterocycles. The molecular formula is C21H15F3N2O3. The van der Waals surface area contributed by atoms with Crippen molar-refractivity contribution in [2.24, 2.45) is 0 Å². The fourth-order valence-corrected chi connectivity index (χ4v) is 2.59. The van der Waals surface area contributed by atoms with Gasteiger partial charge in [-0.05, 0) is 54.6 Å². The molecule has 0 saturated carbocycles. The van der Waals surface area contributed by atoms with Gasteiger partial charge in [0.25, 0.3) is 0 Å². The molecule has 1 unspecified atom stereocenters. The van der Waals surface area contributed by atoms with Gasteiger partial charge in [0, 0.05) is 5.56 Å². The van der Waals surface area contributed by atoms with Gasteiger partial charge in [-0.1, -0.05) is 6.07 Å². The van der Waals surface area contributed by atoms with E-state index >= 15 is 0 Å². The standard InChI is InChI=1S/C21H15F3N2O3/c22-21(23,24)15-6-9-20(14(10-15)11-25)29-16-7-4-13(5-8-16)17-2-1-3-18(26-17)19(28)12-27/h1-10,19,27-28H,12H2. The zero-order chi connectivity index (χ0) is 21.0. The number of nitrogens with zero attached hydrogens (tertiary/aromatic N) is 2. The van der Waals surface area contributed by atoms with Crippen LogP contribution in [-0.4, -0.2) is 21.8 Å². The fraction of sp³-hybridized carbons (Fsp3) is 0.143. The van der Waals surface area contributed by atoms with Crippen LogP contribution in [0.2, 0.25) is 0 Å². The number of aliphatic hydroxyl groups is 2. The van der Waals surface area contributed by atoms with E-state index in [1.54, 1.807) is 48.5 Å². The third-order valence-electron chi connectivity index (χ3n) is 4.09.